The molecule has 2 aliphatic rings. The lowest BCUT2D eigenvalue weighted by Crippen LogP contribution is -2.51. The number of rotatable bonds is 4. The fourth-order valence-electron chi connectivity index (χ4n) is 3.37. The number of piperazine rings is 1. The van der Waals surface area contributed by atoms with Gasteiger partial charge in [0, 0.05) is 38.8 Å². The molecule has 0 aromatic heterocycles. The van der Waals surface area contributed by atoms with Crippen molar-refractivity contribution in [1.29, 1.82) is 0 Å². The van der Waals surface area contributed by atoms with Crippen molar-refractivity contribution in [2.45, 2.75) is 44.3 Å². The van der Waals surface area contributed by atoms with E-state index >= 15 is 0 Å². The zero-order valence-corrected chi connectivity index (χ0v) is 12.1. The zero-order chi connectivity index (χ0) is 15.5. The Labute approximate surface area is 122 Å². The van der Waals surface area contributed by atoms with Gasteiger partial charge in [0.25, 0.3) is 0 Å². The first-order valence-electron chi connectivity index (χ1n) is 7.61. The summed E-state index contributed by atoms with van der Waals surface area (Å²) in [6, 6.07) is 0.269. The molecule has 1 saturated carbocycles. The molecular weight excluding hydrogens is 285 g/mol. The molecule has 0 spiro atoms. The van der Waals surface area contributed by atoms with E-state index in [9.17, 15) is 18.0 Å². The van der Waals surface area contributed by atoms with Crippen LogP contribution in [0.15, 0.2) is 0 Å². The SMILES string of the molecule is O=C(O)CCN1CCN(C2CCC(C(F)(F)F)CC2)CC1. The normalized spacial score (nSPS) is 29.5. The van der Waals surface area contributed by atoms with Gasteiger partial charge in [-0.3, -0.25) is 9.69 Å². The average Bonchev–Trinajstić information content (AvgIpc) is 2.45. The number of aliphatic carboxylic acids is 1. The Kier molecular flexibility index (Phi) is 5.48. The van der Waals surface area contributed by atoms with Crippen LogP contribution in [-0.4, -0.2) is 65.8 Å². The van der Waals surface area contributed by atoms with E-state index < -0.39 is 18.1 Å². The van der Waals surface area contributed by atoms with Crippen molar-refractivity contribution < 1.29 is 23.1 Å². The highest BCUT2D eigenvalue weighted by Gasteiger charge is 2.42. The lowest BCUT2D eigenvalue weighted by atomic mass is 9.84. The Morgan fingerprint density at radius 1 is 1.05 bits per heavy atom. The second-order valence-corrected chi connectivity index (χ2v) is 6.07. The van der Waals surface area contributed by atoms with Crippen LogP contribution in [0.3, 0.4) is 0 Å². The van der Waals surface area contributed by atoms with E-state index in [1.165, 1.54) is 0 Å². The molecule has 0 aromatic rings. The number of carbonyl (C=O) groups is 1. The maximum absolute atomic E-state index is 12.6. The third-order valence-electron chi connectivity index (χ3n) is 4.72. The number of hydrogen-bond acceptors (Lipinski definition) is 3. The Morgan fingerprint density at radius 3 is 2.10 bits per heavy atom. The van der Waals surface area contributed by atoms with Crippen LogP contribution >= 0.6 is 0 Å². The zero-order valence-electron chi connectivity index (χ0n) is 12.1. The highest BCUT2D eigenvalue weighted by atomic mass is 19.4. The predicted octanol–water partition coefficient (Wildman–Crippen LogP) is 2.20. The summed E-state index contributed by atoms with van der Waals surface area (Å²) in [4.78, 5) is 14.9. The summed E-state index contributed by atoms with van der Waals surface area (Å²) < 4.78 is 37.9. The number of nitrogens with zero attached hydrogens (tertiary/aromatic N) is 2. The molecule has 0 bridgehead atoms. The molecule has 1 aliphatic heterocycles. The molecule has 1 heterocycles. The average molecular weight is 308 g/mol. The van der Waals surface area contributed by atoms with E-state index in [0.29, 0.717) is 19.4 Å². The predicted molar refractivity (Wildman–Crippen MR) is 72.1 cm³/mol. The molecule has 0 amide bonds. The van der Waals surface area contributed by atoms with Gasteiger partial charge in [-0.05, 0) is 25.7 Å². The molecule has 0 aromatic carbocycles. The van der Waals surface area contributed by atoms with Crippen LogP contribution in [0.1, 0.15) is 32.1 Å². The van der Waals surface area contributed by atoms with E-state index in [-0.39, 0.29) is 25.3 Å². The summed E-state index contributed by atoms with van der Waals surface area (Å²) in [6.07, 6.45) is -2.16. The van der Waals surface area contributed by atoms with Crippen LogP contribution in [0, 0.1) is 5.92 Å². The minimum Gasteiger partial charge on any atom is -0.481 e. The van der Waals surface area contributed by atoms with Gasteiger partial charge in [-0.2, -0.15) is 13.2 Å². The van der Waals surface area contributed by atoms with Crippen LogP contribution in [0.5, 0.6) is 0 Å². The fourth-order valence-corrected chi connectivity index (χ4v) is 3.37. The molecule has 2 rings (SSSR count). The van der Waals surface area contributed by atoms with Gasteiger partial charge in [-0.25, -0.2) is 0 Å². The number of alkyl halides is 3. The summed E-state index contributed by atoms with van der Waals surface area (Å²) >= 11 is 0. The van der Waals surface area contributed by atoms with Crippen molar-refractivity contribution in [3.8, 4) is 0 Å². The first kappa shape index (κ1) is 16.5. The number of halogens is 3. The first-order valence-corrected chi connectivity index (χ1v) is 7.61. The summed E-state index contributed by atoms with van der Waals surface area (Å²) in [6.45, 7) is 3.85. The summed E-state index contributed by atoms with van der Waals surface area (Å²) in [5, 5.41) is 8.66. The Morgan fingerprint density at radius 2 is 1.62 bits per heavy atom. The molecule has 0 unspecified atom stereocenters. The maximum atomic E-state index is 12.6. The molecule has 1 N–H and O–H groups in total. The molecule has 122 valence electrons. The molecule has 1 saturated heterocycles. The Hall–Kier alpha value is -0.820. The van der Waals surface area contributed by atoms with Gasteiger partial charge in [0.1, 0.15) is 0 Å². The lowest BCUT2D eigenvalue weighted by molar-refractivity contribution is -0.184. The van der Waals surface area contributed by atoms with Gasteiger partial charge >= 0.3 is 12.1 Å². The minimum absolute atomic E-state index is 0.149. The molecule has 0 radical (unpaired) electrons. The van der Waals surface area contributed by atoms with Crippen molar-refractivity contribution in [3.05, 3.63) is 0 Å². The van der Waals surface area contributed by atoms with E-state index in [1.54, 1.807) is 0 Å². The van der Waals surface area contributed by atoms with E-state index in [0.717, 1.165) is 26.2 Å². The highest BCUT2D eigenvalue weighted by Crippen LogP contribution is 2.38. The number of carboxylic acids is 1. The second-order valence-electron chi connectivity index (χ2n) is 6.07. The van der Waals surface area contributed by atoms with Crippen LogP contribution in [0.25, 0.3) is 0 Å². The van der Waals surface area contributed by atoms with Crippen molar-refractivity contribution >= 4 is 5.97 Å². The van der Waals surface area contributed by atoms with Crippen LogP contribution < -0.4 is 0 Å². The van der Waals surface area contributed by atoms with Crippen molar-refractivity contribution in [2.75, 3.05) is 32.7 Å². The summed E-state index contributed by atoms with van der Waals surface area (Å²) in [5.41, 5.74) is 0. The van der Waals surface area contributed by atoms with Crippen molar-refractivity contribution in [1.82, 2.24) is 9.80 Å². The Bertz CT molecular complexity index is 347. The highest BCUT2D eigenvalue weighted by molar-refractivity contribution is 5.66. The third-order valence-corrected chi connectivity index (χ3v) is 4.72. The topological polar surface area (TPSA) is 43.8 Å². The summed E-state index contributed by atoms with van der Waals surface area (Å²) in [7, 11) is 0. The number of hydrogen-bond donors (Lipinski definition) is 1. The van der Waals surface area contributed by atoms with E-state index in [4.69, 9.17) is 5.11 Å². The van der Waals surface area contributed by atoms with Crippen LogP contribution in [0.2, 0.25) is 0 Å². The quantitative estimate of drug-likeness (QED) is 0.865. The van der Waals surface area contributed by atoms with Gasteiger partial charge in [-0.1, -0.05) is 0 Å². The van der Waals surface area contributed by atoms with Gasteiger partial charge in [0.15, 0.2) is 0 Å². The summed E-state index contributed by atoms with van der Waals surface area (Å²) in [5.74, 6) is -1.91. The maximum Gasteiger partial charge on any atom is 0.391 e. The van der Waals surface area contributed by atoms with Crippen LogP contribution in [0.4, 0.5) is 13.2 Å². The molecule has 0 atom stereocenters. The lowest BCUT2D eigenvalue weighted by Gasteiger charge is -2.42. The van der Waals surface area contributed by atoms with Crippen molar-refractivity contribution in [3.63, 3.8) is 0 Å². The molecule has 2 fully saturated rings. The molecule has 21 heavy (non-hydrogen) atoms. The fraction of sp³-hybridized carbons (Fsp3) is 0.929. The number of carboxylic acid groups (broad SMARTS) is 1. The van der Waals surface area contributed by atoms with Gasteiger partial charge < -0.3 is 10.0 Å². The largest absolute Gasteiger partial charge is 0.481 e. The second kappa shape index (κ2) is 6.96. The smallest absolute Gasteiger partial charge is 0.391 e. The first-order chi connectivity index (χ1) is 9.86. The standard InChI is InChI=1S/C14H23F3N2O2/c15-14(16,17)11-1-3-12(4-2-11)19-9-7-18(8-10-19)6-5-13(20)21/h11-12H,1-10H2,(H,20,21). The van der Waals surface area contributed by atoms with Crippen molar-refractivity contribution in [2.24, 2.45) is 5.92 Å². The monoisotopic (exact) mass is 308 g/mol. The Balaban J connectivity index is 1.70. The molecular formula is C14H23F3N2O2. The minimum atomic E-state index is -4.04. The third kappa shape index (κ3) is 4.85. The van der Waals surface area contributed by atoms with Gasteiger partial charge in [0.2, 0.25) is 0 Å². The van der Waals surface area contributed by atoms with E-state index in [1.807, 2.05) is 0 Å². The van der Waals surface area contributed by atoms with Crippen LogP contribution in [-0.2, 0) is 4.79 Å². The molecule has 1 aliphatic carbocycles. The van der Waals surface area contributed by atoms with Gasteiger partial charge in [-0.15, -0.1) is 0 Å². The molecule has 4 nitrogen and oxygen atoms in total. The van der Waals surface area contributed by atoms with E-state index in [2.05, 4.69) is 9.80 Å². The molecule has 7 heteroatoms. The van der Waals surface area contributed by atoms with Gasteiger partial charge in [0.05, 0.1) is 12.3 Å².